The van der Waals surface area contributed by atoms with Gasteiger partial charge in [-0.2, -0.15) is 0 Å². The Labute approximate surface area is 110 Å². The maximum Gasteiger partial charge on any atom is 0.341 e. The molecule has 0 aromatic heterocycles. The lowest BCUT2D eigenvalue weighted by Crippen LogP contribution is -2.39. The zero-order valence-corrected chi connectivity index (χ0v) is 12.2. The molecular weight excluding hydrogens is 228 g/mol. The summed E-state index contributed by atoms with van der Waals surface area (Å²) in [6.07, 6.45) is 6.03. The van der Waals surface area contributed by atoms with Crippen LogP contribution < -0.4 is 0 Å². The maximum absolute atomic E-state index is 12.2. The van der Waals surface area contributed by atoms with Crippen molar-refractivity contribution in [3.05, 3.63) is 0 Å². The summed E-state index contributed by atoms with van der Waals surface area (Å²) in [6.45, 7) is 9.00. The van der Waals surface area contributed by atoms with Crippen molar-refractivity contribution in [1.29, 1.82) is 0 Å². The minimum atomic E-state index is -0.617. The molecule has 0 amide bonds. The molecule has 1 heterocycles. The summed E-state index contributed by atoms with van der Waals surface area (Å²) in [5, 5.41) is 0. The predicted molar refractivity (Wildman–Crippen MR) is 70.3 cm³/mol. The molecule has 1 unspecified atom stereocenters. The summed E-state index contributed by atoms with van der Waals surface area (Å²) < 4.78 is 11.2. The largest absolute Gasteiger partial charge is 0.464 e. The number of epoxide rings is 1. The Balaban J connectivity index is 2.10. The molecule has 1 saturated carbocycles. The third kappa shape index (κ3) is 2.07. The monoisotopic (exact) mass is 254 g/mol. The van der Waals surface area contributed by atoms with Crippen LogP contribution in [0.1, 0.15) is 66.2 Å². The highest BCUT2D eigenvalue weighted by Gasteiger charge is 2.74. The molecule has 0 N–H and O–H groups in total. The normalized spacial score (nSPS) is 32.2. The first-order valence-corrected chi connectivity index (χ1v) is 7.29. The SMILES string of the molecule is CCCC1(C(=O)OCC)OC12CCC(C)(C)CC2. The minimum Gasteiger partial charge on any atom is -0.464 e. The Morgan fingerprint density at radius 2 is 1.78 bits per heavy atom. The molecule has 1 aliphatic heterocycles. The van der Waals surface area contributed by atoms with Crippen LogP contribution in [0.15, 0.2) is 0 Å². The van der Waals surface area contributed by atoms with Crippen molar-refractivity contribution in [1.82, 2.24) is 0 Å². The first-order chi connectivity index (χ1) is 8.41. The second-order valence-corrected chi connectivity index (χ2v) is 6.56. The van der Waals surface area contributed by atoms with Crippen molar-refractivity contribution >= 4 is 5.97 Å². The second-order valence-electron chi connectivity index (χ2n) is 6.56. The molecule has 1 spiro atoms. The van der Waals surface area contributed by atoms with Crippen LogP contribution in [0.5, 0.6) is 0 Å². The predicted octanol–water partition coefficient (Wildman–Crippen LogP) is 3.46. The number of rotatable bonds is 4. The minimum absolute atomic E-state index is 0.133. The second kappa shape index (κ2) is 4.52. The van der Waals surface area contributed by atoms with E-state index in [0.717, 1.165) is 38.5 Å². The molecule has 0 bridgehead atoms. The van der Waals surface area contributed by atoms with Crippen LogP contribution in [0.25, 0.3) is 0 Å². The number of carbonyl (C=O) groups is 1. The Morgan fingerprint density at radius 3 is 2.28 bits per heavy atom. The fourth-order valence-corrected chi connectivity index (χ4v) is 3.35. The van der Waals surface area contributed by atoms with Crippen LogP contribution in [0, 0.1) is 5.41 Å². The van der Waals surface area contributed by atoms with Crippen LogP contribution in [-0.2, 0) is 14.3 Å². The topological polar surface area (TPSA) is 38.8 Å². The molecule has 2 fully saturated rings. The molecule has 1 atom stereocenters. The van der Waals surface area contributed by atoms with Crippen LogP contribution in [0.4, 0.5) is 0 Å². The zero-order chi connectivity index (χ0) is 13.4. The smallest absolute Gasteiger partial charge is 0.341 e. The third-order valence-corrected chi connectivity index (χ3v) is 4.68. The highest BCUT2D eigenvalue weighted by atomic mass is 16.7. The number of hydrogen-bond donors (Lipinski definition) is 0. The van der Waals surface area contributed by atoms with E-state index in [0.29, 0.717) is 12.0 Å². The maximum atomic E-state index is 12.2. The van der Waals surface area contributed by atoms with Gasteiger partial charge in [-0.05, 0) is 44.4 Å². The van der Waals surface area contributed by atoms with E-state index in [1.807, 2.05) is 6.92 Å². The van der Waals surface area contributed by atoms with Crippen molar-refractivity contribution in [2.24, 2.45) is 5.41 Å². The van der Waals surface area contributed by atoms with Gasteiger partial charge in [0.05, 0.1) is 6.61 Å². The van der Waals surface area contributed by atoms with Gasteiger partial charge in [0.1, 0.15) is 5.60 Å². The van der Waals surface area contributed by atoms with Crippen LogP contribution in [-0.4, -0.2) is 23.8 Å². The molecule has 18 heavy (non-hydrogen) atoms. The Kier molecular flexibility index (Phi) is 3.48. The molecule has 1 saturated heterocycles. The summed E-state index contributed by atoms with van der Waals surface area (Å²) in [6, 6.07) is 0. The van der Waals surface area contributed by atoms with Gasteiger partial charge in [0.2, 0.25) is 0 Å². The average Bonchev–Trinajstić information content (AvgIpc) is 2.94. The van der Waals surface area contributed by atoms with E-state index in [-0.39, 0.29) is 11.6 Å². The van der Waals surface area contributed by atoms with Crippen molar-refractivity contribution in [2.75, 3.05) is 6.61 Å². The Morgan fingerprint density at radius 1 is 1.17 bits per heavy atom. The fraction of sp³-hybridized carbons (Fsp3) is 0.933. The number of hydrogen-bond acceptors (Lipinski definition) is 3. The molecule has 0 radical (unpaired) electrons. The van der Waals surface area contributed by atoms with E-state index in [1.165, 1.54) is 0 Å². The number of carbonyl (C=O) groups excluding carboxylic acids is 1. The third-order valence-electron chi connectivity index (χ3n) is 4.68. The molecule has 0 aromatic rings. The summed E-state index contributed by atoms with van der Waals surface area (Å²) in [4.78, 5) is 12.2. The van der Waals surface area contributed by atoms with Crippen molar-refractivity contribution in [3.63, 3.8) is 0 Å². The van der Waals surface area contributed by atoms with Gasteiger partial charge >= 0.3 is 5.97 Å². The highest BCUT2D eigenvalue weighted by molar-refractivity contribution is 5.85. The summed E-state index contributed by atoms with van der Waals surface area (Å²) in [5.41, 5.74) is -0.428. The van der Waals surface area contributed by atoms with E-state index in [2.05, 4.69) is 20.8 Å². The highest BCUT2D eigenvalue weighted by Crippen LogP contribution is 2.61. The van der Waals surface area contributed by atoms with E-state index < -0.39 is 5.60 Å². The van der Waals surface area contributed by atoms with Crippen LogP contribution >= 0.6 is 0 Å². The zero-order valence-electron chi connectivity index (χ0n) is 12.2. The average molecular weight is 254 g/mol. The summed E-state index contributed by atoms with van der Waals surface area (Å²) >= 11 is 0. The van der Waals surface area contributed by atoms with Gasteiger partial charge in [-0.3, -0.25) is 0 Å². The van der Waals surface area contributed by atoms with Crippen LogP contribution in [0.3, 0.4) is 0 Å². The van der Waals surface area contributed by atoms with Gasteiger partial charge in [0.25, 0.3) is 0 Å². The lowest BCUT2D eigenvalue weighted by molar-refractivity contribution is -0.150. The van der Waals surface area contributed by atoms with Crippen molar-refractivity contribution in [2.45, 2.75) is 77.4 Å². The number of ether oxygens (including phenoxy) is 2. The molecular formula is C15H26O3. The molecule has 3 heteroatoms. The molecule has 2 rings (SSSR count). The van der Waals surface area contributed by atoms with Gasteiger partial charge in [-0.25, -0.2) is 4.79 Å². The summed E-state index contributed by atoms with van der Waals surface area (Å²) in [7, 11) is 0. The lowest BCUT2D eigenvalue weighted by Gasteiger charge is -2.34. The molecule has 2 aliphatic rings. The quantitative estimate of drug-likeness (QED) is 0.569. The van der Waals surface area contributed by atoms with E-state index in [9.17, 15) is 4.79 Å². The fourth-order valence-electron chi connectivity index (χ4n) is 3.35. The first kappa shape index (κ1) is 13.9. The molecule has 0 aromatic carbocycles. The van der Waals surface area contributed by atoms with Gasteiger partial charge in [-0.1, -0.05) is 27.2 Å². The van der Waals surface area contributed by atoms with Gasteiger partial charge in [0, 0.05) is 0 Å². The van der Waals surface area contributed by atoms with E-state index in [1.54, 1.807) is 0 Å². The van der Waals surface area contributed by atoms with Gasteiger partial charge in [-0.15, -0.1) is 0 Å². The van der Waals surface area contributed by atoms with E-state index >= 15 is 0 Å². The standard InChI is InChI=1S/C15H26O3/c1-5-7-15(12(16)17-6-2)14(18-15)10-8-13(3,4)9-11-14/h5-11H2,1-4H3. The van der Waals surface area contributed by atoms with Gasteiger partial charge < -0.3 is 9.47 Å². The lowest BCUT2D eigenvalue weighted by atomic mass is 9.68. The first-order valence-electron chi connectivity index (χ1n) is 7.29. The Hall–Kier alpha value is -0.570. The molecule has 3 nitrogen and oxygen atoms in total. The molecule has 104 valence electrons. The van der Waals surface area contributed by atoms with E-state index in [4.69, 9.17) is 9.47 Å². The molecule has 1 aliphatic carbocycles. The van der Waals surface area contributed by atoms with Gasteiger partial charge in [0.15, 0.2) is 5.60 Å². The van der Waals surface area contributed by atoms with Crippen molar-refractivity contribution < 1.29 is 14.3 Å². The van der Waals surface area contributed by atoms with Crippen LogP contribution in [0.2, 0.25) is 0 Å². The number of esters is 1. The Bertz CT molecular complexity index is 325. The summed E-state index contributed by atoms with van der Waals surface area (Å²) in [5.74, 6) is -0.133. The van der Waals surface area contributed by atoms with Crippen molar-refractivity contribution in [3.8, 4) is 0 Å².